The molecule has 4 nitrogen and oxygen atoms in total. The second-order valence-corrected chi connectivity index (χ2v) is 4.33. The highest BCUT2D eigenvalue weighted by atomic mass is 79.9. The van der Waals surface area contributed by atoms with Gasteiger partial charge in [-0.15, -0.1) is 0 Å². The molecule has 1 heterocycles. The van der Waals surface area contributed by atoms with Crippen LogP contribution in [-0.4, -0.2) is 21.4 Å². The molecular weight excluding hydrogens is 282 g/mol. The van der Waals surface area contributed by atoms with E-state index >= 15 is 0 Å². The summed E-state index contributed by atoms with van der Waals surface area (Å²) in [4.78, 5) is 11.4. The number of nitrogens with one attached hydrogen (secondary N) is 2. The number of hydrogen-bond donors (Lipinski definition) is 2. The van der Waals surface area contributed by atoms with Crippen LogP contribution in [0.5, 0.6) is 0 Å². The van der Waals surface area contributed by atoms with Crippen molar-refractivity contribution in [3.8, 4) is 11.3 Å². The molecule has 0 aliphatic heterocycles. The predicted octanol–water partition coefficient (Wildman–Crippen LogP) is 2.80. The summed E-state index contributed by atoms with van der Waals surface area (Å²) in [6.45, 7) is 0. The Morgan fingerprint density at radius 3 is 2.65 bits per heavy atom. The van der Waals surface area contributed by atoms with Crippen LogP contribution in [-0.2, 0) is 4.79 Å². The number of benzene rings is 1. The van der Waals surface area contributed by atoms with Crippen molar-refractivity contribution in [1.82, 2.24) is 10.2 Å². The molecule has 2 rings (SSSR count). The van der Waals surface area contributed by atoms with Crippen molar-refractivity contribution in [2.24, 2.45) is 0 Å². The Morgan fingerprint density at radius 1 is 1.29 bits per heavy atom. The number of amides is 1. The third-order valence-corrected chi connectivity index (χ3v) is 2.70. The fourth-order valence-corrected chi connectivity index (χ4v) is 1.82. The number of hydrogen-bond acceptors (Lipinski definition) is 2. The molecule has 0 atom stereocenters. The van der Waals surface area contributed by atoms with Gasteiger partial charge >= 0.3 is 0 Å². The number of alkyl halides is 1. The molecule has 0 spiro atoms. The molecule has 1 amide bonds. The fraction of sp³-hybridized carbons (Fsp3) is 0.167. The van der Waals surface area contributed by atoms with Gasteiger partial charge in [0.1, 0.15) is 0 Å². The minimum atomic E-state index is 0.0103. The molecule has 2 N–H and O–H groups in total. The highest BCUT2D eigenvalue weighted by Crippen LogP contribution is 2.18. The Balaban J connectivity index is 2.06. The summed E-state index contributed by atoms with van der Waals surface area (Å²) in [7, 11) is 0. The molecule has 88 valence electrons. The van der Waals surface area contributed by atoms with Crippen molar-refractivity contribution in [3.05, 3.63) is 36.5 Å². The first-order chi connectivity index (χ1) is 8.29. The van der Waals surface area contributed by atoms with Gasteiger partial charge in [-0.25, -0.2) is 0 Å². The molecule has 2 aromatic rings. The number of H-pyrrole nitrogens is 1. The first kappa shape index (κ1) is 11.9. The quantitative estimate of drug-likeness (QED) is 0.852. The number of anilines is 1. The minimum Gasteiger partial charge on any atom is -0.326 e. The molecule has 0 radical (unpaired) electrons. The van der Waals surface area contributed by atoms with Crippen molar-refractivity contribution >= 4 is 27.5 Å². The zero-order valence-electron chi connectivity index (χ0n) is 9.11. The van der Waals surface area contributed by atoms with Crippen LogP contribution in [0.4, 0.5) is 5.69 Å². The maximum absolute atomic E-state index is 11.4. The molecule has 0 aliphatic rings. The van der Waals surface area contributed by atoms with E-state index in [1.54, 1.807) is 6.20 Å². The van der Waals surface area contributed by atoms with E-state index in [0.717, 1.165) is 16.9 Å². The van der Waals surface area contributed by atoms with Gasteiger partial charge in [0.25, 0.3) is 0 Å². The monoisotopic (exact) mass is 293 g/mol. The molecule has 0 saturated carbocycles. The third-order valence-electron chi connectivity index (χ3n) is 2.30. The fourth-order valence-electron chi connectivity index (χ4n) is 1.46. The molecule has 0 unspecified atom stereocenters. The maximum Gasteiger partial charge on any atom is 0.225 e. The van der Waals surface area contributed by atoms with Crippen LogP contribution in [0.25, 0.3) is 11.3 Å². The lowest BCUT2D eigenvalue weighted by molar-refractivity contribution is -0.115. The summed E-state index contributed by atoms with van der Waals surface area (Å²) in [6, 6.07) is 9.54. The van der Waals surface area contributed by atoms with Gasteiger partial charge in [0.15, 0.2) is 0 Å². The van der Waals surface area contributed by atoms with Gasteiger partial charge in [-0.1, -0.05) is 28.1 Å². The van der Waals surface area contributed by atoms with Gasteiger partial charge in [-0.3, -0.25) is 9.89 Å². The van der Waals surface area contributed by atoms with Crippen LogP contribution >= 0.6 is 15.9 Å². The van der Waals surface area contributed by atoms with E-state index in [9.17, 15) is 4.79 Å². The Morgan fingerprint density at radius 2 is 2.06 bits per heavy atom. The largest absolute Gasteiger partial charge is 0.326 e. The van der Waals surface area contributed by atoms with Gasteiger partial charge in [-0.2, -0.15) is 5.10 Å². The number of nitrogens with zero attached hydrogens (tertiary/aromatic N) is 1. The summed E-state index contributed by atoms with van der Waals surface area (Å²) in [5.41, 5.74) is 2.81. The molecule has 0 bridgehead atoms. The average Bonchev–Trinajstić information content (AvgIpc) is 2.84. The van der Waals surface area contributed by atoms with Crippen LogP contribution in [0, 0.1) is 0 Å². The summed E-state index contributed by atoms with van der Waals surface area (Å²) < 4.78 is 0. The lowest BCUT2D eigenvalue weighted by Gasteiger charge is -2.04. The van der Waals surface area contributed by atoms with Crippen molar-refractivity contribution in [3.63, 3.8) is 0 Å². The van der Waals surface area contributed by atoms with Crippen molar-refractivity contribution in [1.29, 1.82) is 0 Å². The zero-order chi connectivity index (χ0) is 12.1. The number of carbonyl (C=O) groups is 1. The molecule has 1 aromatic carbocycles. The van der Waals surface area contributed by atoms with Crippen molar-refractivity contribution in [2.45, 2.75) is 6.42 Å². The second kappa shape index (κ2) is 5.63. The van der Waals surface area contributed by atoms with Gasteiger partial charge in [0.2, 0.25) is 5.91 Å². The van der Waals surface area contributed by atoms with Crippen LogP contribution in [0.1, 0.15) is 6.42 Å². The lowest BCUT2D eigenvalue weighted by Crippen LogP contribution is -2.11. The van der Waals surface area contributed by atoms with Crippen molar-refractivity contribution in [2.75, 3.05) is 10.6 Å². The summed E-state index contributed by atoms with van der Waals surface area (Å²) in [5, 5.41) is 10.3. The summed E-state index contributed by atoms with van der Waals surface area (Å²) >= 11 is 3.23. The van der Waals surface area contributed by atoms with Crippen LogP contribution in [0.3, 0.4) is 0 Å². The Bertz CT molecular complexity index is 479. The number of carbonyl (C=O) groups excluding carboxylic acids is 1. The van der Waals surface area contributed by atoms with Gasteiger partial charge in [0, 0.05) is 23.6 Å². The van der Waals surface area contributed by atoms with Gasteiger partial charge < -0.3 is 5.32 Å². The maximum atomic E-state index is 11.4. The van der Waals surface area contributed by atoms with Crippen LogP contribution < -0.4 is 5.32 Å². The minimum absolute atomic E-state index is 0.0103. The number of aromatic amines is 1. The first-order valence-corrected chi connectivity index (χ1v) is 6.37. The molecule has 1 aromatic heterocycles. The Hall–Kier alpha value is -1.62. The Kier molecular flexibility index (Phi) is 3.93. The van der Waals surface area contributed by atoms with E-state index in [1.807, 2.05) is 30.3 Å². The highest BCUT2D eigenvalue weighted by molar-refractivity contribution is 9.09. The summed E-state index contributed by atoms with van der Waals surface area (Å²) in [6.07, 6.45) is 2.18. The third kappa shape index (κ3) is 3.17. The number of halogens is 1. The molecular formula is C12H12BrN3O. The predicted molar refractivity (Wildman–Crippen MR) is 71.1 cm³/mol. The van der Waals surface area contributed by atoms with Crippen LogP contribution in [0.15, 0.2) is 36.5 Å². The molecule has 0 aliphatic carbocycles. The first-order valence-electron chi connectivity index (χ1n) is 5.25. The molecule has 0 saturated heterocycles. The summed E-state index contributed by atoms with van der Waals surface area (Å²) in [5.74, 6) is 0.0103. The van der Waals surface area contributed by atoms with E-state index < -0.39 is 0 Å². The molecule has 0 fully saturated rings. The lowest BCUT2D eigenvalue weighted by atomic mass is 10.1. The van der Waals surface area contributed by atoms with E-state index in [2.05, 4.69) is 31.4 Å². The van der Waals surface area contributed by atoms with E-state index in [-0.39, 0.29) is 5.91 Å². The van der Waals surface area contributed by atoms with Crippen LogP contribution in [0.2, 0.25) is 0 Å². The number of rotatable bonds is 4. The van der Waals surface area contributed by atoms with Crippen molar-refractivity contribution < 1.29 is 4.79 Å². The number of aromatic nitrogens is 2. The highest BCUT2D eigenvalue weighted by Gasteiger charge is 2.02. The van der Waals surface area contributed by atoms with E-state index in [4.69, 9.17) is 0 Å². The van der Waals surface area contributed by atoms with Gasteiger partial charge in [-0.05, 0) is 23.8 Å². The second-order valence-electron chi connectivity index (χ2n) is 3.53. The Labute approximate surface area is 108 Å². The zero-order valence-corrected chi connectivity index (χ0v) is 10.7. The standard InChI is InChI=1S/C12H12BrN3O/c13-7-5-12(17)15-10-3-1-9(2-4-10)11-6-8-14-16-11/h1-4,6,8H,5,7H2,(H,14,16)(H,15,17). The molecule has 17 heavy (non-hydrogen) atoms. The van der Waals surface area contributed by atoms with E-state index in [0.29, 0.717) is 11.8 Å². The SMILES string of the molecule is O=C(CCBr)Nc1ccc(-c2ccn[nH]2)cc1. The molecule has 5 heteroatoms. The smallest absolute Gasteiger partial charge is 0.225 e. The normalized spacial score (nSPS) is 10.2. The van der Waals surface area contributed by atoms with E-state index in [1.165, 1.54) is 0 Å². The topological polar surface area (TPSA) is 57.8 Å². The average molecular weight is 294 g/mol. The van der Waals surface area contributed by atoms with Gasteiger partial charge in [0.05, 0.1) is 5.69 Å².